The number of hydrogen-bond acceptors (Lipinski definition) is 5. The molecule has 0 aliphatic heterocycles. The van der Waals surface area contributed by atoms with Gasteiger partial charge in [-0.25, -0.2) is 9.97 Å². The fourth-order valence-corrected chi connectivity index (χ4v) is 2.53. The second-order valence-electron chi connectivity index (χ2n) is 3.83. The molecule has 0 aliphatic rings. The van der Waals surface area contributed by atoms with Crippen LogP contribution in [-0.4, -0.2) is 26.1 Å². The van der Waals surface area contributed by atoms with Gasteiger partial charge in [0, 0.05) is 15.4 Å². The van der Waals surface area contributed by atoms with Crippen LogP contribution in [0.2, 0.25) is 0 Å². The van der Waals surface area contributed by atoms with Crippen molar-refractivity contribution in [3.63, 3.8) is 0 Å². The predicted molar refractivity (Wildman–Crippen MR) is 79.6 cm³/mol. The summed E-state index contributed by atoms with van der Waals surface area (Å²) in [6.45, 7) is 0. The van der Waals surface area contributed by atoms with Gasteiger partial charge in [-0.2, -0.15) is 5.10 Å². The van der Waals surface area contributed by atoms with E-state index in [9.17, 15) is 4.79 Å². The maximum Gasteiger partial charge on any atom is 0.294 e. The van der Waals surface area contributed by atoms with Gasteiger partial charge in [-0.05, 0) is 12.1 Å². The molecule has 0 saturated heterocycles. The number of amides is 1. The van der Waals surface area contributed by atoms with E-state index >= 15 is 0 Å². The second-order valence-corrected chi connectivity index (χ2v) is 5.61. The Hall–Kier alpha value is -2.06. The van der Waals surface area contributed by atoms with E-state index in [1.165, 1.54) is 17.7 Å². The van der Waals surface area contributed by atoms with Crippen molar-refractivity contribution in [1.29, 1.82) is 0 Å². The van der Waals surface area contributed by atoms with Gasteiger partial charge in [-0.15, -0.1) is 11.3 Å². The fourth-order valence-electron chi connectivity index (χ4n) is 1.56. The quantitative estimate of drug-likeness (QED) is 0.761. The number of nitrogens with zero attached hydrogens (tertiary/aromatic N) is 3. The van der Waals surface area contributed by atoms with Gasteiger partial charge >= 0.3 is 0 Å². The smallest absolute Gasteiger partial charge is 0.294 e. The average molecular weight is 350 g/mol. The summed E-state index contributed by atoms with van der Waals surface area (Å²) >= 11 is 4.74. The van der Waals surface area contributed by atoms with Crippen molar-refractivity contribution in [3.05, 3.63) is 46.3 Å². The van der Waals surface area contributed by atoms with Crippen LogP contribution in [0.3, 0.4) is 0 Å². The Kier molecular flexibility index (Phi) is 3.57. The number of anilines is 1. The molecule has 0 unspecified atom stereocenters. The molecular weight excluding hydrogens is 342 g/mol. The summed E-state index contributed by atoms with van der Waals surface area (Å²) in [4.78, 5) is 19.9. The summed E-state index contributed by atoms with van der Waals surface area (Å²) in [5.74, 6) is -0.204. The third-order valence-corrected chi connectivity index (χ3v) is 3.78. The lowest BCUT2D eigenvalue weighted by atomic mass is 10.2. The first-order valence-corrected chi connectivity index (χ1v) is 7.28. The van der Waals surface area contributed by atoms with Crippen LogP contribution in [0.5, 0.6) is 0 Å². The van der Waals surface area contributed by atoms with Gasteiger partial charge in [0.1, 0.15) is 6.33 Å². The first-order valence-electron chi connectivity index (χ1n) is 5.60. The van der Waals surface area contributed by atoms with Crippen molar-refractivity contribution in [2.45, 2.75) is 0 Å². The highest BCUT2D eigenvalue weighted by Gasteiger charge is 2.11. The molecule has 1 aromatic carbocycles. The molecule has 0 fully saturated rings. The minimum Gasteiger partial charge on any atom is -0.295 e. The van der Waals surface area contributed by atoms with Gasteiger partial charge < -0.3 is 0 Å². The number of thiazole rings is 1. The normalized spacial score (nSPS) is 10.4. The fraction of sp³-hybridized carbons (Fsp3) is 0. The van der Waals surface area contributed by atoms with Crippen molar-refractivity contribution >= 4 is 38.3 Å². The monoisotopic (exact) mass is 349 g/mol. The lowest BCUT2D eigenvalue weighted by molar-refractivity contribution is 0.101. The molecule has 2 heterocycles. The zero-order chi connectivity index (χ0) is 13.9. The molecule has 100 valence electrons. The first kappa shape index (κ1) is 12.9. The number of benzene rings is 1. The Bertz CT molecular complexity index is 723. The number of aromatic amines is 1. The van der Waals surface area contributed by atoms with E-state index in [-0.39, 0.29) is 11.7 Å². The van der Waals surface area contributed by atoms with Gasteiger partial charge in [-0.1, -0.05) is 28.1 Å². The van der Waals surface area contributed by atoms with Crippen LogP contribution < -0.4 is 5.32 Å². The van der Waals surface area contributed by atoms with Crippen molar-refractivity contribution in [3.8, 4) is 11.3 Å². The third kappa shape index (κ3) is 2.75. The highest BCUT2D eigenvalue weighted by Crippen LogP contribution is 2.26. The van der Waals surface area contributed by atoms with Crippen molar-refractivity contribution in [2.75, 3.05) is 5.32 Å². The van der Waals surface area contributed by atoms with Gasteiger partial charge in [0.15, 0.2) is 5.13 Å². The molecule has 0 spiro atoms. The average Bonchev–Trinajstić information content (AvgIpc) is 3.10. The Labute approximate surface area is 126 Å². The van der Waals surface area contributed by atoms with Crippen LogP contribution in [-0.2, 0) is 0 Å². The molecular formula is C12H8BrN5OS. The number of rotatable bonds is 3. The molecule has 1 amide bonds. The zero-order valence-corrected chi connectivity index (χ0v) is 12.4. The van der Waals surface area contributed by atoms with Crippen LogP contribution in [0.1, 0.15) is 10.6 Å². The number of carbonyl (C=O) groups is 1. The SMILES string of the molecule is O=C(Nc1nc(-c2ccc(Br)cc2)cs1)c1ncn[nH]1. The van der Waals surface area contributed by atoms with Crippen molar-refractivity contribution < 1.29 is 4.79 Å². The summed E-state index contributed by atoms with van der Waals surface area (Å²) < 4.78 is 1.01. The highest BCUT2D eigenvalue weighted by molar-refractivity contribution is 9.10. The molecule has 6 nitrogen and oxygen atoms in total. The molecule has 0 atom stereocenters. The van der Waals surface area contributed by atoms with E-state index in [2.05, 4.69) is 41.4 Å². The lowest BCUT2D eigenvalue weighted by Gasteiger charge is -1.98. The Morgan fingerprint density at radius 3 is 2.80 bits per heavy atom. The maximum atomic E-state index is 11.8. The molecule has 3 aromatic rings. The van der Waals surface area contributed by atoms with E-state index in [1.807, 2.05) is 29.6 Å². The van der Waals surface area contributed by atoms with E-state index < -0.39 is 0 Å². The van der Waals surface area contributed by atoms with Gasteiger partial charge in [0.2, 0.25) is 5.82 Å². The topological polar surface area (TPSA) is 83.6 Å². The molecule has 2 N–H and O–H groups in total. The summed E-state index contributed by atoms with van der Waals surface area (Å²) in [6, 6.07) is 7.81. The van der Waals surface area contributed by atoms with Gasteiger partial charge in [0.05, 0.1) is 5.69 Å². The summed E-state index contributed by atoms with van der Waals surface area (Å²) in [7, 11) is 0. The van der Waals surface area contributed by atoms with Crippen LogP contribution >= 0.6 is 27.3 Å². The molecule has 20 heavy (non-hydrogen) atoms. The number of halogens is 1. The largest absolute Gasteiger partial charge is 0.295 e. The third-order valence-electron chi connectivity index (χ3n) is 2.49. The number of nitrogens with one attached hydrogen (secondary N) is 2. The molecule has 8 heteroatoms. The van der Waals surface area contributed by atoms with Crippen LogP contribution in [0.15, 0.2) is 40.4 Å². The standard InChI is InChI=1S/C12H8BrN5OS/c13-8-3-1-7(2-4-8)9-5-20-12(16-9)17-11(19)10-14-6-15-18-10/h1-6H,(H,14,15,18)(H,16,17,19). The minimum absolute atomic E-state index is 0.158. The lowest BCUT2D eigenvalue weighted by Crippen LogP contribution is -2.13. The summed E-state index contributed by atoms with van der Waals surface area (Å²) in [5, 5.41) is 11.2. The Morgan fingerprint density at radius 1 is 1.30 bits per heavy atom. The second kappa shape index (κ2) is 5.51. The zero-order valence-electron chi connectivity index (χ0n) is 10.0. The Balaban J connectivity index is 1.77. The van der Waals surface area contributed by atoms with E-state index in [4.69, 9.17) is 0 Å². The molecule has 3 rings (SSSR count). The summed E-state index contributed by atoms with van der Waals surface area (Å²) in [6.07, 6.45) is 1.28. The molecule has 0 saturated carbocycles. The predicted octanol–water partition coefficient (Wildman–Crippen LogP) is 2.94. The highest BCUT2D eigenvalue weighted by atomic mass is 79.9. The van der Waals surface area contributed by atoms with Crippen LogP contribution in [0.4, 0.5) is 5.13 Å². The van der Waals surface area contributed by atoms with Crippen LogP contribution in [0, 0.1) is 0 Å². The van der Waals surface area contributed by atoms with E-state index in [0.29, 0.717) is 5.13 Å². The minimum atomic E-state index is -0.362. The Morgan fingerprint density at radius 2 is 2.10 bits per heavy atom. The number of carbonyl (C=O) groups excluding carboxylic acids is 1. The number of hydrogen-bond donors (Lipinski definition) is 2. The van der Waals surface area contributed by atoms with Crippen molar-refractivity contribution in [1.82, 2.24) is 20.2 Å². The van der Waals surface area contributed by atoms with E-state index in [1.54, 1.807) is 0 Å². The van der Waals surface area contributed by atoms with Gasteiger partial charge in [0.25, 0.3) is 5.91 Å². The van der Waals surface area contributed by atoms with Crippen molar-refractivity contribution in [2.24, 2.45) is 0 Å². The molecule has 0 aliphatic carbocycles. The first-order chi connectivity index (χ1) is 9.72. The number of aromatic nitrogens is 4. The van der Waals surface area contributed by atoms with Crippen LogP contribution in [0.25, 0.3) is 11.3 Å². The number of H-pyrrole nitrogens is 1. The van der Waals surface area contributed by atoms with Gasteiger partial charge in [-0.3, -0.25) is 15.2 Å². The molecule has 0 bridgehead atoms. The molecule has 0 radical (unpaired) electrons. The molecule has 2 aromatic heterocycles. The maximum absolute atomic E-state index is 11.8. The summed E-state index contributed by atoms with van der Waals surface area (Å²) in [5.41, 5.74) is 1.81. The van der Waals surface area contributed by atoms with E-state index in [0.717, 1.165) is 15.7 Å².